The number of urea groups is 1. The number of rotatable bonds is 5. The summed E-state index contributed by atoms with van der Waals surface area (Å²) in [5, 5.41) is 10.7. The highest BCUT2D eigenvalue weighted by molar-refractivity contribution is 7.89. The standard InChI is InChI=1S/C13H19N3O3S/c1-9(16-13(17)15-8-10-2-3-10)11-4-6-12(7-5-11)20(14,18)19/h4-7,9-10H,2-3,8H2,1H3,(H2,14,18,19)(H2,15,16,17)/t9-/m0/s1. The maximum atomic E-state index is 11.6. The lowest BCUT2D eigenvalue weighted by Crippen LogP contribution is -2.38. The molecule has 0 bridgehead atoms. The van der Waals surface area contributed by atoms with Gasteiger partial charge in [0.2, 0.25) is 10.0 Å². The second-order valence-corrected chi connectivity index (χ2v) is 6.69. The van der Waals surface area contributed by atoms with E-state index in [9.17, 15) is 13.2 Å². The van der Waals surface area contributed by atoms with Crippen LogP contribution in [0.2, 0.25) is 0 Å². The van der Waals surface area contributed by atoms with Gasteiger partial charge >= 0.3 is 6.03 Å². The molecule has 1 aromatic carbocycles. The summed E-state index contributed by atoms with van der Waals surface area (Å²) in [4.78, 5) is 11.7. The van der Waals surface area contributed by atoms with E-state index < -0.39 is 10.0 Å². The molecule has 4 N–H and O–H groups in total. The Hall–Kier alpha value is -1.60. The minimum absolute atomic E-state index is 0.0617. The summed E-state index contributed by atoms with van der Waals surface area (Å²) in [5.74, 6) is 0.630. The first-order valence-corrected chi connectivity index (χ1v) is 8.08. The number of amides is 2. The van der Waals surface area contributed by atoms with Gasteiger partial charge < -0.3 is 10.6 Å². The summed E-state index contributed by atoms with van der Waals surface area (Å²) >= 11 is 0. The predicted octanol–water partition coefficient (Wildman–Crippen LogP) is 1.10. The lowest BCUT2D eigenvalue weighted by atomic mass is 10.1. The van der Waals surface area contributed by atoms with Gasteiger partial charge in [0, 0.05) is 6.54 Å². The third-order valence-electron chi connectivity index (χ3n) is 3.30. The molecule has 0 heterocycles. The maximum absolute atomic E-state index is 11.6. The highest BCUT2D eigenvalue weighted by Crippen LogP contribution is 2.27. The monoisotopic (exact) mass is 297 g/mol. The van der Waals surface area contributed by atoms with E-state index in [0.717, 1.165) is 5.56 Å². The molecule has 0 aliphatic heterocycles. The van der Waals surface area contributed by atoms with E-state index >= 15 is 0 Å². The topological polar surface area (TPSA) is 101 Å². The van der Waals surface area contributed by atoms with Crippen molar-refractivity contribution in [2.45, 2.75) is 30.7 Å². The van der Waals surface area contributed by atoms with Crippen LogP contribution in [-0.4, -0.2) is 21.0 Å². The third kappa shape index (κ3) is 4.21. The van der Waals surface area contributed by atoms with Gasteiger partial charge in [-0.25, -0.2) is 18.4 Å². The van der Waals surface area contributed by atoms with Crippen LogP contribution in [0.15, 0.2) is 29.2 Å². The second kappa shape index (κ2) is 5.80. The Morgan fingerprint density at radius 1 is 1.35 bits per heavy atom. The van der Waals surface area contributed by atoms with E-state index in [1.54, 1.807) is 12.1 Å². The number of sulfonamides is 1. The minimum atomic E-state index is -3.68. The van der Waals surface area contributed by atoms with E-state index in [2.05, 4.69) is 10.6 Å². The molecule has 0 saturated heterocycles. The average Bonchev–Trinajstić information content (AvgIpc) is 3.19. The molecule has 1 aromatic rings. The maximum Gasteiger partial charge on any atom is 0.315 e. The largest absolute Gasteiger partial charge is 0.338 e. The van der Waals surface area contributed by atoms with E-state index in [-0.39, 0.29) is 17.0 Å². The van der Waals surface area contributed by atoms with Crippen LogP contribution >= 0.6 is 0 Å². The molecule has 2 rings (SSSR count). The van der Waals surface area contributed by atoms with Crippen molar-refractivity contribution in [3.05, 3.63) is 29.8 Å². The van der Waals surface area contributed by atoms with Crippen molar-refractivity contribution in [1.82, 2.24) is 10.6 Å². The van der Waals surface area contributed by atoms with Gasteiger partial charge in [0.25, 0.3) is 0 Å². The first-order chi connectivity index (χ1) is 9.36. The summed E-state index contributed by atoms with van der Waals surface area (Å²) < 4.78 is 22.3. The lowest BCUT2D eigenvalue weighted by molar-refractivity contribution is 0.237. The fourth-order valence-electron chi connectivity index (χ4n) is 1.84. The number of carbonyl (C=O) groups excluding carboxylic acids is 1. The van der Waals surface area contributed by atoms with Crippen molar-refractivity contribution in [3.8, 4) is 0 Å². The van der Waals surface area contributed by atoms with Crippen molar-refractivity contribution < 1.29 is 13.2 Å². The van der Waals surface area contributed by atoms with Gasteiger partial charge in [0.15, 0.2) is 0 Å². The summed E-state index contributed by atoms with van der Waals surface area (Å²) in [7, 11) is -3.68. The molecule has 0 unspecified atom stereocenters. The normalized spacial score (nSPS) is 16.5. The van der Waals surface area contributed by atoms with Gasteiger partial charge in [-0.05, 0) is 43.4 Å². The van der Waals surface area contributed by atoms with Gasteiger partial charge in [0.1, 0.15) is 0 Å². The third-order valence-corrected chi connectivity index (χ3v) is 4.23. The predicted molar refractivity (Wildman–Crippen MR) is 75.5 cm³/mol. The molecule has 1 fully saturated rings. The fourth-order valence-corrected chi connectivity index (χ4v) is 2.35. The Labute approximate surface area is 118 Å². The van der Waals surface area contributed by atoms with E-state index in [4.69, 9.17) is 5.14 Å². The molecule has 20 heavy (non-hydrogen) atoms. The smallest absolute Gasteiger partial charge is 0.315 e. The number of hydrogen-bond acceptors (Lipinski definition) is 3. The van der Waals surface area contributed by atoms with Crippen LogP contribution in [0, 0.1) is 5.92 Å². The molecule has 1 saturated carbocycles. The lowest BCUT2D eigenvalue weighted by Gasteiger charge is -2.15. The zero-order valence-corrected chi connectivity index (χ0v) is 12.1. The van der Waals surface area contributed by atoms with Crippen molar-refractivity contribution in [1.29, 1.82) is 0 Å². The Morgan fingerprint density at radius 3 is 2.45 bits per heavy atom. The molecule has 110 valence electrons. The number of hydrogen-bond donors (Lipinski definition) is 3. The van der Waals surface area contributed by atoms with Gasteiger partial charge in [-0.2, -0.15) is 0 Å². The van der Waals surface area contributed by atoms with E-state index in [1.165, 1.54) is 25.0 Å². The molecule has 1 atom stereocenters. The van der Waals surface area contributed by atoms with Crippen molar-refractivity contribution in [2.24, 2.45) is 11.1 Å². The fraction of sp³-hybridized carbons (Fsp3) is 0.462. The van der Waals surface area contributed by atoms with Crippen molar-refractivity contribution in [2.75, 3.05) is 6.54 Å². The molecular formula is C13H19N3O3S. The molecule has 2 amide bonds. The van der Waals surface area contributed by atoms with E-state index in [1.807, 2.05) is 6.92 Å². The number of primary sulfonamides is 1. The summed E-state index contributed by atoms with van der Waals surface area (Å²) in [5.41, 5.74) is 0.818. The highest BCUT2D eigenvalue weighted by Gasteiger charge is 2.21. The Kier molecular flexibility index (Phi) is 4.29. The van der Waals surface area contributed by atoms with Gasteiger partial charge in [0.05, 0.1) is 10.9 Å². The summed E-state index contributed by atoms with van der Waals surface area (Å²) in [6.07, 6.45) is 2.37. The Balaban J connectivity index is 1.91. The molecule has 0 aromatic heterocycles. The van der Waals surface area contributed by atoms with Gasteiger partial charge in [-0.15, -0.1) is 0 Å². The first kappa shape index (κ1) is 14.8. The van der Waals surface area contributed by atoms with Crippen LogP contribution in [0.5, 0.6) is 0 Å². The molecular weight excluding hydrogens is 278 g/mol. The van der Waals surface area contributed by atoms with E-state index in [0.29, 0.717) is 12.5 Å². The second-order valence-electron chi connectivity index (χ2n) is 5.13. The van der Waals surface area contributed by atoms with Crippen LogP contribution in [0.3, 0.4) is 0 Å². The zero-order valence-electron chi connectivity index (χ0n) is 11.3. The molecule has 0 spiro atoms. The zero-order chi connectivity index (χ0) is 14.8. The summed E-state index contributed by atoms with van der Waals surface area (Å²) in [6, 6.07) is 5.75. The van der Waals surface area contributed by atoms with Gasteiger partial charge in [-0.1, -0.05) is 12.1 Å². The first-order valence-electron chi connectivity index (χ1n) is 6.53. The minimum Gasteiger partial charge on any atom is -0.338 e. The van der Waals surface area contributed by atoms with Crippen molar-refractivity contribution in [3.63, 3.8) is 0 Å². The van der Waals surface area contributed by atoms with Crippen molar-refractivity contribution >= 4 is 16.1 Å². The Bertz CT molecular complexity index is 579. The Morgan fingerprint density at radius 2 is 1.95 bits per heavy atom. The number of carbonyl (C=O) groups is 1. The highest BCUT2D eigenvalue weighted by atomic mass is 32.2. The van der Waals surface area contributed by atoms with Crippen LogP contribution in [0.1, 0.15) is 31.4 Å². The molecule has 7 heteroatoms. The SMILES string of the molecule is C[C@H](NC(=O)NCC1CC1)c1ccc(S(N)(=O)=O)cc1. The molecule has 6 nitrogen and oxygen atoms in total. The average molecular weight is 297 g/mol. The van der Waals surface area contributed by atoms with Crippen LogP contribution in [0.4, 0.5) is 4.79 Å². The van der Waals surface area contributed by atoms with Crippen LogP contribution < -0.4 is 15.8 Å². The molecule has 0 radical (unpaired) electrons. The summed E-state index contributed by atoms with van der Waals surface area (Å²) in [6.45, 7) is 2.55. The quantitative estimate of drug-likeness (QED) is 0.758. The molecule has 1 aliphatic carbocycles. The number of nitrogens with two attached hydrogens (primary N) is 1. The number of benzene rings is 1. The van der Waals surface area contributed by atoms with Gasteiger partial charge in [-0.3, -0.25) is 0 Å². The van der Waals surface area contributed by atoms with Crippen LogP contribution in [0.25, 0.3) is 0 Å². The van der Waals surface area contributed by atoms with Crippen LogP contribution in [-0.2, 0) is 10.0 Å². The number of nitrogens with one attached hydrogen (secondary N) is 2. The molecule has 1 aliphatic rings.